The van der Waals surface area contributed by atoms with Gasteiger partial charge in [0, 0.05) is 19.0 Å². The fourth-order valence-electron chi connectivity index (χ4n) is 2.41. The monoisotopic (exact) mass is 289 g/mol. The van der Waals surface area contributed by atoms with Gasteiger partial charge in [-0.15, -0.1) is 0 Å². The van der Waals surface area contributed by atoms with Crippen molar-refractivity contribution in [3.8, 4) is 0 Å². The molecule has 1 aliphatic heterocycles. The van der Waals surface area contributed by atoms with E-state index in [0.717, 1.165) is 6.54 Å². The zero-order chi connectivity index (χ0) is 13.0. The van der Waals surface area contributed by atoms with Crippen molar-refractivity contribution in [1.29, 1.82) is 0 Å². The minimum absolute atomic E-state index is 0.0769. The zero-order valence-corrected chi connectivity index (χ0v) is 12.5. The van der Waals surface area contributed by atoms with E-state index in [1.54, 1.807) is 11.3 Å². The summed E-state index contributed by atoms with van der Waals surface area (Å²) in [7, 11) is -3.02. The van der Waals surface area contributed by atoms with Crippen LogP contribution in [-0.4, -0.2) is 32.0 Å². The van der Waals surface area contributed by atoms with Gasteiger partial charge in [-0.3, -0.25) is 4.57 Å². The van der Waals surface area contributed by atoms with Crippen molar-refractivity contribution in [3.05, 3.63) is 22.4 Å². The van der Waals surface area contributed by atoms with Gasteiger partial charge in [-0.1, -0.05) is 0 Å². The zero-order valence-electron chi connectivity index (χ0n) is 10.8. The smallest absolute Gasteiger partial charge is 0.315 e. The van der Waals surface area contributed by atoms with E-state index in [1.165, 1.54) is 5.56 Å². The van der Waals surface area contributed by atoms with Crippen LogP contribution in [-0.2, 0) is 13.6 Å². The highest BCUT2D eigenvalue weighted by atomic mass is 32.1. The van der Waals surface area contributed by atoms with Crippen LogP contribution in [0.3, 0.4) is 0 Å². The summed E-state index contributed by atoms with van der Waals surface area (Å²) in [5.74, 6) is 0.222. The highest BCUT2D eigenvalue weighted by Crippen LogP contribution is 2.58. The van der Waals surface area contributed by atoms with Crippen LogP contribution in [0, 0.1) is 0 Å². The third-order valence-corrected chi connectivity index (χ3v) is 6.47. The summed E-state index contributed by atoms with van der Waals surface area (Å²) in [5.41, 5.74) is 1.15. The lowest BCUT2D eigenvalue weighted by Gasteiger charge is -2.26. The molecule has 102 valence electrons. The second kappa shape index (κ2) is 6.31. The van der Waals surface area contributed by atoms with Crippen LogP contribution in [0.5, 0.6) is 0 Å². The average Bonchev–Trinajstić information content (AvgIpc) is 3.00. The molecule has 1 fully saturated rings. The van der Waals surface area contributed by atoms with Crippen LogP contribution in [0.15, 0.2) is 16.8 Å². The van der Waals surface area contributed by atoms with Crippen molar-refractivity contribution in [2.24, 2.45) is 0 Å². The van der Waals surface area contributed by atoms with Crippen molar-refractivity contribution < 1.29 is 13.6 Å². The predicted molar refractivity (Wildman–Crippen MR) is 74.6 cm³/mol. The Morgan fingerprint density at radius 1 is 1.39 bits per heavy atom. The minimum atomic E-state index is -3.02. The SMILES string of the molecule is CCOP(=O)(OCC)C1CNCC1c1ccsc1. The number of hydrogen-bond acceptors (Lipinski definition) is 5. The van der Waals surface area contributed by atoms with Crippen LogP contribution in [0.4, 0.5) is 0 Å². The van der Waals surface area contributed by atoms with E-state index in [-0.39, 0.29) is 11.6 Å². The Balaban J connectivity index is 2.21. The summed E-state index contributed by atoms with van der Waals surface area (Å²) in [6.07, 6.45) is 0. The number of thiophene rings is 1. The molecule has 2 rings (SSSR count). The van der Waals surface area contributed by atoms with E-state index < -0.39 is 7.60 Å². The molecule has 0 amide bonds. The van der Waals surface area contributed by atoms with Gasteiger partial charge in [0.2, 0.25) is 0 Å². The summed E-state index contributed by atoms with van der Waals surface area (Å²) in [5, 5.41) is 7.48. The van der Waals surface area contributed by atoms with Gasteiger partial charge in [0.25, 0.3) is 0 Å². The molecule has 0 saturated carbocycles. The van der Waals surface area contributed by atoms with E-state index in [2.05, 4.69) is 22.1 Å². The molecule has 1 aliphatic rings. The third kappa shape index (κ3) is 2.86. The quantitative estimate of drug-likeness (QED) is 0.818. The molecule has 1 aromatic heterocycles. The fraction of sp³-hybridized carbons (Fsp3) is 0.667. The van der Waals surface area contributed by atoms with Gasteiger partial charge in [0.05, 0.1) is 18.9 Å². The van der Waals surface area contributed by atoms with E-state index >= 15 is 0 Å². The van der Waals surface area contributed by atoms with Gasteiger partial charge in [0.15, 0.2) is 0 Å². The number of rotatable bonds is 6. The van der Waals surface area contributed by atoms with Gasteiger partial charge in [-0.2, -0.15) is 11.3 Å². The Hall–Kier alpha value is -0.190. The first-order chi connectivity index (χ1) is 8.71. The third-order valence-electron chi connectivity index (χ3n) is 3.18. The summed E-state index contributed by atoms with van der Waals surface area (Å²) in [4.78, 5) is 0. The summed E-state index contributed by atoms with van der Waals surface area (Å²) in [6.45, 7) is 6.08. The molecule has 2 unspecified atom stereocenters. The van der Waals surface area contributed by atoms with Crippen molar-refractivity contribution in [1.82, 2.24) is 5.32 Å². The Kier molecular flexibility index (Phi) is 4.98. The largest absolute Gasteiger partial charge is 0.335 e. The Morgan fingerprint density at radius 2 is 2.11 bits per heavy atom. The molecule has 6 heteroatoms. The molecule has 18 heavy (non-hydrogen) atoms. The number of nitrogens with one attached hydrogen (secondary N) is 1. The maximum Gasteiger partial charge on any atom is 0.335 e. The van der Waals surface area contributed by atoms with E-state index in [1.807, 2.05) is 13.8 Å². The van der Waals surface area contributed by atoms with Gasteiger partial charge >= 0.3 is 7.60 Å². The van der Waals surface area contributed by atoms with E-state index in [0.29, 0.717) is 19.8 Å². The van der Waals surface area contributed by atoms with Crippen LogP contribution < -0.4 is 5.32 Å². The van der Waals surface area contributed by atoms with Gasteiger partial charge in [-0.05, 0) is 36.2 Å². The molecule has 4 nitrogen and oxygen atoms in total. The molecule has 2 atom stereocenters. The molecule has 0 aromatic carbocycles. The molecule has 1 N–H and O–H groups in total. The van der Waals surface area contributed by atoms with Crippen molar-refractivity contribution in [2.45, 2.75) is 25.4 Å². The first-order valence-electron chi connectivity index (χ1n) is 6.33. The van der Waals surface area contributed by atoms with Gasteiger partial charge in [-0.25, -0.2) is 0 Å². The lowest BCUT2D eigenvalue weighted by molar-refractivity contribution is 0.211. The Morgan fingerprint density at radius 3 is 2.67 bits per heavy atom. The first kappa shape index (κ1) is 14.2. The minimum Gasteiger partial charge on any atom is -0.315 e. The molecule has 2 heterocycles. The molecule has 0 spiro atoms. The lowest BCUT2D eigenvalue weighted by Crippen LogP contribution is -2.21. The van der Waals surface area contributed by atoms with E-state index in [4.69, 9.17) is 9.05 Å². The van der Waals surface area contributed by atoms with Crippen molar-refractivity contribution >= 4 is 18.9 Å². The highest BCUT2D eigenvalue weighted by molar-refractivity contribution is 7.54. The summed E-state index contributed by atoms with van der Waals surface area (Å²) < 4.78 is 23.8. The Labute approximate surface area is 112 Å². The molecule has 0 radical (unpaired) electrons. The highest BCUT2D eigenvalue weighted by Gasteiger charge is 2.44. The fourth-order valence-corrected chi connectivity index (χ4v) is 5.38. The standard InChI is InChI=1S/C12H20NO3PS/c1-3-15-17(14,16-4-2)12-8-13-7-11(12)10-5-6-18-9-10/h5-6,9,11-13H,3-4,7-8H2,1-2H3. The molecule has 0 aliphatic carbocycles. The first-order valence-corrected chi connectivity index (χ1v) is 8.88. The molecule has 0 bridgehead atoms. The summed E-state index contributed by atoms with van der Waals surface area (Å²) in [6, 6.07) is 2.09. The second-order valence-corrected chi connectivity index (χ2v) is 7.30. The predicted octanol–water partition coefficient (Wildman–Crippen LogP) is 3.07. The molecule has 1 saturated heterocycles. The second-order valence-electron chi connectivity index (χ2n) is 4.26. The van der Waals surface area contributed by atoms with Crippen molar-refractivity contribution in [2.75, 3.05) is 26.3 Å². The molecule has 1 aromatic rings. The van der Waals surface area contributed by atoms with Crippen LogP contribution in [0.2, 0.25) is 0 Å². The van der Waals surface area contributed by atoms with Gasteiger partial charge < -0.3 is 14.4 Å². The van der Waals surface area contributed by atoms with Gasteiger partial charge in [0.1, 0.15) is 0 Å². The Bertz CT molecular complexity index is 399. The van der Waals surface area contributed by atoms with Crippen LogP contribution in [0.25, 0.3) is 0 Å². The summed E-state index contributed by atoms with van der Waals surface area (Å²) >= 11 is 1.67. The van der Waals surface area contributed by atoms with Crippen LogP contribution >= 0.6 is 18.9 Å². The number of hydrogen-bond donors (Lipinski definition) is 1. The van der Waals surface area contributed by atoms with Crippen LogP contribution in [0.1, 0.15) is 25.3 Å². The van der Waals surface area contributed by atoms with Crippen molar-refractivity contribution in [3.63, 3.8) is 0 Å². The van der Waals surface area contributed by atoms with E-state index in [9.17, 15) is 4.57 Å². The average molecular weight is 289 g/mol. The maximum atomic E-state index is 12.8. The maximum absolute atomic E-state index is 12.8. The topological polar surface area (TPSA) is 47.6 Å². The lowest BCUT2D eigenvalue weighted by atomic mass is 10.0. The normalized spacial score (nSPS) is 24.6. The molecular weight excluding hydrogens is 269 g/mol. The molecular formula is C12H20NO3PS.